The first kappa shape index (κ1) is 35.8. The van der Waals surface area contributed by atoms with E-state index in [-0.39, 0.29) is 49.3 Å². The number of esters is 1. The molecule has 2 aliphatic rings. The number of hydrogen-bond donors (Lipinski definition) is 2. The number of fused-ring (bicyclic) bond motifs is 3. The van der Waals surface area contributed by atoms with Gasteiger partial charge in [-0.25, -0.2) is 19.0 Å². The number of rotatable bonds is 4. The first-order valence-corrected chi connectivity index (χ1v) is 16.0. The second kappa shape index (κ2) is 17.2. The molecular weight excluding hydrogens is 623 g/mol. The van der Waals surface area contributed by atoms with Gasteiger partial charge in [0.2, 0.25) is 11.8 Å². The Hall–Kier alpha value is -5.07. The molecule has 0 aliphatic carbocycles. The molecule has 13 heteroatoms. The van der Waals surface area contributed by atoms with Gasteiger partial charge in [0.05, 0.1) is 13.0 Å². The van der Waals surface area contributed by atoms with Crippen LogP contribution in [0.15, 0.2) is 70.9 Å². The number of ketones is 1. The van der Waals surface area contributed by atoms with E-state index in [0.29, 0.717) is 31.5 Å². The summed E-state index contributed by atoms with van der Waals surface area (Å²) in [6.07, 6.45) is 9.69. The monoisotopic (exact) mass is 664 g/mol. The van der Waals surface area contributed by atoms with Crippen LogP contribution >= 0.6 is 0 Å². The van der Waals surface area contributed by atoms with Crippen molar-refractivity contribution in [3.8, 4) is 0 Å². The largest absolute Gasteiger partial charge is 0.460 e. The molecule has 0 spiro atoms. The highest BCUT2D eigenvalue weighted by molar-refractivity contribution is 5.95. The number of allylic oxidation sites excluding steroid dienone is 3. The molecule has 1 aromatic carbocycles. The minimum absolute atomic E-state index is 0.00966. The van der Waals surface area contributed by atoms with E-state index >= 15 is 0 Å². The number of oxazole rings is 1. The standard InChI is InChI=1S/C35H41FN4O8/c1-22-7-4-9-27(41)19-31-39-28(21-46-31)33(43)40-18-6-10-29(40)34(44)48-32(23(2)11-16-30(42)37-17-5-8-22)24(3)20-47-35(45)38-26-14-12-25(36)13-15-26/h5,7-8,11-16,21,23-24,29,32H,4,6,9-10,17-20H2,1-3H3,(H,37,42)(H,38,45)/b8-5?,16-11+,22-7?/t23-,24-,29-,32+/m1/s1. The molecule has 2 bridgehead atoms. The Kier molecular flexibility index (Phi) is 12.8. The normalized spacial score (nSPS) is 23.0. The number of nitrogens with zero attached hydrogens (tertiary/aromatic N) is 2. The highest BCUT2D eigenvalue weighted by atomic mass is 19.1. The predicted molar refractivity (Wildman–Crippen MR) is 173 cm³/mol. The lowest BCUT2D eigenvalue weighted by Gasteiger charge is -2.30. The molecule has 12 nitrogen and oxygen atoms in total. The molecule has 2 N–H and O–H groups in total. The number of aromatic nitrogens is 1. The number of carbonyl (C=O) groups is 5. The quantitative estimate of drug-likeness (QED) is 0.433. The molecule has 4 rings (SSSR count). The lowest BCUT2D eigenvalue weighted by atomic mass is 9.93. The number of cyclic esters (lactones) is 1. The van der Waals surface area contributed by atoms with Gasteiger partial charge < -0.3 is 24.1 Å². The molecular formula is C35H41FN4O8. The Morgan fingerprint density at radius 3 is 2.73 bits per heavy atom. The van der Waals surface area contributed by atoms with E-state index in [0.717, 1.165) is 5.57 Å². The smallest absolute Gasteiger partial charge is 0.411 e. The van der Waals surface area contributed by atoms with Crippen molar-refractivity contribution in [2.45, 2.75) is 65.0 Å². The molecule has 48 heavy (non-hydrogen) atoms. The predicted octanol–water partition coefficient (Wildman–Crippen LogP) is 4.93. The Balaban J connectivity index is 1.52. The minimum atomic E-state index is -0.903. The maximum Gasteiger partial charge on any atom is 0.411 e. The summed E-state index contributed by atoms with van der Waals surface area (Å²) in [5, 5.41) is 5.28. The average molecular weight is 665 g/mol. The van der Waals surface area contributed by atoms with Gasteiger partial charge >= 0.3 is 12.1 Å². The van der Waals surface area contributed by atoms with Crippen molar-refractivity contribution in [2.75, 3.05) is 25.0 Å². The van der Waals surface area contributed by atoms with Crippen LogP contribution in [0.4, 0.5) is 14.9 Å². The van der Waals surface area contributed by atoms with Crippen LogP contribution in [0.3, 0.4) is 0 Å². The molecule has 4 atom stereocenters. The van der Waals surface area contributed by atoms with Gasteiger partial charge in [-0.3, -0.25) is 19.7 Å². The van der Waals surface area contributed by atoms with Crippen LogP contribution in [0, 0.1) is 17.7 Å². The first-order valence-electron chi connectivity index (χ1n) is 16.0. The lowest BCUT2D eigenvalue weighted by Crippen LogP contribution is -2.44. The van der Waals surface area contributed by atoms with Crippen molar-refractivity contribution in [1.29, 1.82) is 0 Å². The number of benzene rings is 1. The number of ether oxygens (including phenoxy) is 2. The van der Waals surface area contributed by atoms with Crippen LogP contribution in [0.25, 0.3) is 0 Å². The molecule has 2 aromatic rings. The summed E-state index contributed by atoms with van der Waals surface area (Å²) in [7, 11) is 0. The van der Waals surface area contributed by atoms with Gasteiger partial charge in [-0.2, -0.15) is 0 Å². The second-order valence-corrected chi connectivity index (χ2v) is 12.0. The van der Waals surface area contributed by atoms with Gasteiger partial charge in [0, 0.05) is 37.0 Å². The number of Topliss-reactive ketones (excluding diaryl/α,β-unsaturated/α-hetero) is 1. The third-order valence-corrected chi connectivity index (χ3v) is 8.02. The van der Waals surface area contributed by atoms with Crippen LogP contribution in [0.1, 0.15) is 62.8 Å². The van der Waals surface area contributed by atoms with Crippen LogP contribution in [-0.2, 0) is 30.3 Å². The number of halogens is 1. The van der Waals surface area contributed by atoms with E-state index in [2.05, 4.69) is 15.6 Å². The maximum atomic E-state index is 13.6. The first-order chi connectivity index (χ1) is 23.0. The molecule has 256 valence electrons. The molecule has 3 heterocycles. The van der Waals surface area contributed by atoms with E-state index in [4.69, 9.17) is 13.9 Å². The van der Waals surface area contributed by atoms with E-state index in [9.17, 15) is 28.4 Å². The zero-order valence-electron chi connectivity index (χ0n) is 27.3. The number of hydrogen-bond acceptors (Lipinski definition) is 9. The minimum Gasteiger partial charge on any atom is -0.460 e. The third-order valence-electron chi connectivity index (χ3n) is 8.02. The highest BCUT2D eigenvalue weighted by Crippen LogP contribution is 2.26. The van der Waals surface area contributed by atoms with Crippen LogP contribution in [0.2, 0.25) is 0 Å². The van der Waals surface area contributed by atoms with Crippen molar-refractivity contribution in [3.63, 3.8) is 0 Å². The molecule has 0 saturated carbocycles. The Morgan fingerprint density at radius 1 is 1.19 bits per heavy atom. The lowest BCUT2D eigenvalue weighted by molar-refractivity contribution is -0.159. The number of anilines is 1. The zero-order valence-corrected chi connectivity index (χ0v) is 27.3. The maximum absolute atomic E-state index is 13.6. The summed E-state index contributed by atoms with van der Waals surface area (Å²) >= 11 is 0. The van der Waals surface area contributed by atoms with Crippen LogP contribution < -0.4 is 10.6 Å². The van der Waals surface area contributed by atoms with Crippen LogP contribution in [-0.4, -0.2) is 71.4 Å². The van der Waals surface area contributed by atoms with Crippen LogP contribution in [0.5, 0.6) is 0 Å². The molecule has 1 aromatic heterocycles. The summed E-state index contributed by atoms with van der Waals surface area (Å²) in [6, 6.07) is 4.27. The fraction of sp³-hybridized carbons (Fsp3) is 0.429. The Morgan fingerprint density at radius 2 is 1.96 bits per heavy atom. The Labute approximate surface area is 278 Å². The average Bonchev–Trinajstić information content (AvgIpc) is 3.74. The molecule has 2 aliphatic heterocycles. The number of nitrogens with one attached hydrogen (secondary N) is 2. The molecule has 0 unspecified atom stereocenters. The third kappa shape index (κ3) is 10.5. The number of amides is 3. The van der Waals surface area contributed by atoms with E-state index in [1.165, 1.54) is 41.5 Å². The summed E-state index contributed by atoms with van der Waals surface area (Å²) in [6.45, 7) is 5.80. The number of carbonyl (C=O) groups excluding carboxylic acids is 5. The van der Waals surface area contributed by atoms with Gasteiger partial charge in [0.15, 0.2) is 5.69 Å². The topological polar surface area (TPSA) is 157 Å². The molecule has 1 saturated heterocycles. The molecule has 0 radical (unpaired) electrons. The fourth-order valence-electron chi connectivity index (χ4n) is 5.43. The van der Waals surface area contributed by atoms with E-state index in [1.54, 1.807) is 26.0 Å². The fourth-order valence-corrected chi connectivity index (χ4v) is 5.43. The van der Waals surface area contributed by atoms with Gasteiger partial charge in [-0.1, -0.05) is 43.7 Å². The zero-order chi connectivity index (χ0) is 34.6. The van der Waals surface area contributed by atoms with Crippen molar-refractivity contribution in [2.24, 2.45) is 11.8 Å². The summed E-state index contributed by atoms with van der Waals surface area (Å²) < 4.78 is 30.0. The molecule has 3 amide bonds. The van der Waals surface area contributed by atoms with Crippen molar-refractivity contribution >= 4 is 35.3 Å². The van der Waals surface area contributed by atoms with Gasteiger partial charge in [0.25, 0.3) is 5.91 Å². The van der Waals surface area contributed by atoms with E-state index < -0.39 is 47.8 Å². The van der Waals surface area contributed by atoms with Crippen molar-refractivity contribution in [3.05, 3.63) is 83.9 Å². The van der Waals surface area contributed by atoms with Gasteiger partial charge in [-0.15, -0.1) is 0 Å². The summed E-state index contributed by atoms with van der Waals surface area (Å²) in [5.41, 5.74) is 1.26. The van der Waals surface area contributed by atoms with Gasteiger partial charge in [-0.05, 0) is 56.5 Å². The second-order valence-electron chi connectivity index (χ2n) is 12.0. The summed E-state index contributed by atoms with van der Waals surface area (Å²) in [4.78, 5) is 70.2. The summed E-state index contributed by atoms with van der Waals surface area (Å²) in [5.74, 6) is -2.99. The van der Waals surface area contributed by atoms with E-state index in [1.807, 2.05) is 19.1 Å². The highest BCUT2D eigenvalue weighted by Gasteiger charge is 2.39. The van der Waals surface area contributed by atoms with Crippen molar-refractivity contribution in [1.82, 2.24) is 15.2 Å². The Bertz CT molecular complexity index is 1560. The van der Waals surface area contributed by atoms with Crippen molar-refractivity contribution < 1.29 is 42.3 Å². The molecule has 1 fully saturated rings. The SMILES string of the molecule is CC1=CCCC(=O)Cc2nc(co2)C(=O)N2CCC[C@@H]2C(=O)O[C@H]([C@H](C)COC(=O)Nc2ccc(F)cc2)[C@H](C)/C=C/C(=O)NCC=C1. The van der Waals surface area contributed by atoms with Gasteiger partial charge in [0.1, 0.15) is 30.0 Å².